The summed E-state index contributed by atoms with van der Waals surface area (Å²) in [5.74, 6) is 1.95. The molecule has 0 bridgehead atoms. The number of fused-ring (bicyclic) bond motifs is 2. The standard InChI is InChI=1S/C26H24N8O2/c1-16-10-19(6-8-22(16)36-25-12-23-33-30-15-34(23)14-29-25)32-26-20-11-17(2-7-21(20)27-13-28-26)3-9-24(35)31-18-4-5-18/h2,6-8,10-15,18H,3-5,9H2,1H3,(H,31,35)(H,27,28,32). The highest BCUT2D eigenvalue weighted by Crippen LogP contribution is 2.30. The minimum absolute atomic E-state index is 0.106. The molecule has 10 nitrogen and oxygen atoms in total. The van der Waals surface area contributed by atoms with Crippen LogP contribution in [0.25, 0.3) is 16.6 Å². The summed E-state index contributed by atoms with van der Waals surface area (Å²) in [4.78, 5) is 25.3. The number of carbonyl (C=O) groups excluding carboxylic acids is 1. The van der Waals surface area contributed by atoms with Gasteiger partial charge in [-0.25, -0.2) is 15.0 Å². The molecule has 6 rings (SSSR count). The van der Waals surface area contributed by atoms with E-state index in [1.165, 1.54) is 0 Å². The van der Waals surface area contributed by atoms with Crippen molar-refractivity contribution in [3.63, 3.8) is 0 Å². The maximum Gasteiger partial charge on any atom is 0.224 e. The number of nitrogens with zero attached hydrogens (tertiary/aromatic N) is 6. The van der Waals surface area contributed by atoms with Gasteiger partial charge in [-0.05, 0) is 67.6 Å². The number of hydrogen-bond donors (Lipinski definition) is 2. The zero-order valence-corrected chi connectivity index (χ0v) is 19.7. The van der Waals surface area contributed by atoms with Crippen LogP contribution in [-0.4, -0.2) is 41.5 Å². The molecule has 2 aromatic carbocycles. The van der Waals surface area contributed by atoms with Gasteiger partial charge in [-0.1, -0.05) is 6.07 Å². The normalized spacial score (nSPS) is 13.1. The Balaban J connectivity index is 1.18. The lowest BCUT2D eigenvalue weighted by Crippen LogP contribution is -2.25. The zero-order chi connectivity index (χ0) is 24.5. The Morgan fingerprint density at radius 1 is 1.08 bits per heavy atom. The van der Waals surface area contributed by atoms with Gasteiger partial charge in [0.15, 0.2) is 5.65 Å². The molecule has 2 N–H and O–H groups in total. The molecule has 1 saturated carbocycles. The van der Waals surface area contributed by atoms with Gasteiger partial charge in [-0.15, -0.1) is 10.2 Å². The van der Waals surface area contributed by atoms with Crippen LogP contribution in [0.4, 0.5) is 11.5 Å². The molecule has 3 aromatic heterocycles. The summed E-state index contributed by atoms with van der Waals surface area (Å²) in [5.41, 5.74) is 4.38. The number of anilines is 2. The highest BCUT2D eigenvalue weighted by Gasteiger charge is 2.22. The third kappa shape index (κ3) is 4.78. The summed E-state index contributed by atoms with van der Waals surface area (Å²) in [6.07, 6.45) is 8.07. The first kappa shape index (κ1) is 21.9. The maximum absolute atomic E-state index is 12.1. The lowest BCUT2D eigenvalue weighted by Gasteiger charge is -2.12. The molecule has 1 aliphatic rings. The Labute approximate surface area is 206 Å². The summed E-state index contributed by atoms with van der Waals surface area (Å²) in [6, 6.07) is 14.0. The lowest BCUT2D eigenvalue weighted by molar-refractivity contribution is -0.121. The highest BCUT2D eigenvalue weighted by atomic mass is 16.5. The fourth-order valence-electron chi connectivity index (χ4n) is 4.00. The van der Waals surface area contributed by atoms with E-state index < -0.39 is 0 Å². The number of rotatable bonds is 8. The molecule has 1 fully saturated rings. The van der Waals surface area contributed by atoms with E-state index in [1.54, 1.807) is 29.4 Å². The Bertz CT molecular complexity index is 1580. The van der Waals surface area contributed by atoms with E-state index in [-0.39, 0.29) is 5.91 Å². The molecule has 3 heterocycles. The summed E-state index contributed by atoms with van der Waals surface area (Å²) in [7, 11) is 0. The van der Waals surface area contributed by atoms with Crippen LogP contribution < -0.4 is 15.4 Å². The lowest BCUT2D eigenvalue weighted by atomic mass is 10.1. The average molecular weight is 481 g/mol. The number of amides is 1. The highest BCUT2D eigenvalue weighted by molar-refractivity contribution is 5.91. The second-order valence-corrected chi connectivity index (χ2v) is 8.95. The van der Waals surface area contributed by atoms with Gasteiger partial charge < -0.3 is 15.4 Å². The number of carbonyl (C=O) groups is 1. The van der Waals surface area contributed by atoms with E-state index in [1.807, 2.05) is 37.3 Å². The maximum atomic E-state index is 12.1. The molecule has 36 heavy (non-hydrogen) atoms. The van der Waals surface area contributed by atoms with Crippen molar-refractivity contribution in [2.24, 2.45) is 0 Å². The van der Waals surface area contributed by atoms with Crippen LogP contribution in [0, 0.1) is 6.92 Å². The fourth-order valence-corrected chi connectivity index (χ4v) is 4.00. The molecule has 0 saturated heterocycles. The second-order valence-electron chi connectivity index (χ2n) is 8.95. The van der Waals surface area contributed by atoms with Crippen molar-refractivity contribution < 1.29 is 9.53 Å². The molecule has 180 valence electrons. The monoisotopic (exact) mass is 480 g/mol. The molecular weight excluding hydrogens is 456 g/mol. The van der Waals surface area contributed by atoms with Gasteiger partial charge >= 0.3 is 0 Å². The van der Waals surface area contributed by atoms with Gasteiger partial charge in [0.25, 0.3) is 0 Å². The molecule has 1 amide bonds. The third-order valence-electron chi connectivity index (χ3n) is 6.10. The topological polar surface area (TPSA) is 119 Å². The summed E-state index contributed by atoms with van der Waals surface area (Å²) >= 11 is 0. The minimum Gasteiger partial charge on any atom is -0.439 e. The Kier molecular flexibility index (Phi) is 5.61. The van der Waals surface area contributed by atoms with Crippen molar-refractivity contribution in [2.75, 3.05) is 5.32 Å². The van der Waals surface area contributed by atoms with E-state index in [4.69, 9.17) is 4.74 Å². The Hall–Kier alpha value is -4.60. The molecule has 0 unspecified atom stereocenters. The molecule has 5 aromatic rings. The molecule has 0 spiro atoms. The first-order chi connectivity index (χ1) is 17.6. The number of nitrogens with one attached hydrogen (secondary N) is 2. The smallest absolute Gasteiger partial charge is 0.224 e. The number of ether oxygens (including phenoxy) is 1. The van der Waals surface area contributed by atoms with Crippen LogP contribution in [0.3, 0.4) is 0 Å². The minimum atomic E-state index is 0.106. The van der Waals surface area contributed by atoms with E-state index >= 15 is 0 Å². The quantitative estimate of drug-likeness (QED) is 0.340. The molecule has 10 heteroatoms. The van der Waals surface area contributed by atoms with Crippen molar-refractivity contribution in [3.8, 4) is 11.6 Å². The molecular formula is C26H24N8O2. The van der Waals surface area contributed by atoms with Crippen LogP contribution in [0.5, 0.6) is 11.6 Å². The van der Waals surface area contributed by atoms with Crippen molar-refractivity contribution >= 4 is 34.0 Å². The SMILES string of the molecule is Cc1cc(Nc2ncnc3ccc(CCC(=O)NC4CC4)cc23)ccc1Oc1cc2nncn2cn1. The molecule has 0 aliphatic heterocycles. The average Bonchev–Trinajstić information content (AvgIpc) is 3.57. The predicted molar refractivity (Wildman–Crippen MR) is 134 cm³/mol. The van der Waals surface area contributed by atoms with Gasteiger partial charge in [-0.3, -0.25) is 9.20 Å². The second kappa shape index (κ2) is 9.21. The molecule has 0 radical (unpaired) electrons. The van der Waals surface area contributed by atoms with Crippen LogP contribution in [0.1, 0.15) is 30.4 Å². The first-order valence-corrected chi connectivity index (χ1v) is 11.8. The molecule has 1 aliphatic carbocycles. The number of aromatic nitrogens is 6. The van der Waals surface area contributed by atoms with Crippen LogP contribution in [0.15, 0.2) is 61.4 Å². The van der Waals surface area contributed by atoms with Gasteiger partial charge in [0.1, 0.15) is 30.5 Å². The largest absolute Gasteiger partial charge is 0.439 e. The Morgan fingerprint density at radius 3 is 2.86 bits per heavy atom. The van der Waals surface area contributed by atoms with Crippen LogP contribution in [0.2, 0.25) is 0 Å². The van der Waals surface area contributed by atoms with Gasteiger partial charge in [-0.2, -0.15) is 0 Å². The number of aryl methyl sites for hydroxylation is 2. The van der Waals surface area contributed by atoms with E-state index in [0.29, 0.717) is 42.0 Å². The fraction of sp³-hybridized carbons (Fsp3) is 0.231. The van der Waals surface area contributed by atoms with Crippen LogP contribution >= 0.6 is 0 Å². The van der Waals surface area contributed by atoms with Crippen molar-refractivity contribution in [1.29, 1.82) is 0 Å². The molecule has 0 atom stereocenters. The van der Waals surface area contributed by atoms with Crippen molar-refractivity contribution in [3.05, 3.63) is 72.6 Å². The predicted octanol–water partition coefficient (Wildman–Crippen LogP) is 4.12. The number of benzene rings is 2. The first-order valence-electron chi connectivity index (χ1n) is 11.8. The van der Waals surface area contributed by atoms with Gasteiger partial charge in [0.2, 0.25) is 11.8 Å². The van der Waals surface area contributed by atoms with E-state index in [2.05, 4.69) is 41.8 Å². The van der Waals surface area contributed by atoms with Crippen LogP contribution in [-0.2, 0) is 11.2 Å². The summed E-state index contributed by atoms with van der Waals surface area (Å²) in [6.45, 7) is 1.97. The van der Waals surface area contributed by atoms with Gasteiger partial charge in [0.05, 0.1) is 5.52 Å². The Morgan fingerprint density at radius 2 is 2.00 bits per heavy atom. The summed E-state index contributed by atoms with van der Waals surface area (Å²) < 4.78 is 7.69. The van der Waals surface area contributed by atoms with Crippen molar-refractivity contribution in [1.82, 2.24) is 34.9 Å². The van der Waals surface area contributed by atoms with Crippen molar-refractivity contribution in [2.45, 2.75) is 38.6 Å². The van der Waals surface area contributed by atoms with E-state index in [9.17, 15) is 4.79 Å². The third-order valence-corrected chi connectivity index (χ3v) is 6.10. The summed E-state index contributed by atoms with van der Waals surface area (Å²) in [5, 5.41) is 15.2. The zero-order valence-electron chi connectivity index (χ0n) is 19.7. The number of hydrogen-bond acceptors (Lipinski definition) is 8. The van der Waals surface area contributed by atoms with E-state index in [0.717, 1.165) is 40.6 Å². The van der Waals surface area contributed by atoms with Gasteiger partial charge in [0, 0.05) is 29.6 Å².